The molecule has 0 spiro atoms. The second-order valence-corrected chi connectivity index (χ2v) is 5.97. The summed E-state index contributed by atoms with van der Waals surface area (Å²) in [7, 11) is 0. The minimum atomic E-state index is -0.873. The van der Waals surface area contributed by atoms with Crippen molar-refractivity contribution >= 4 is 29.9 Å². The van der Waals surface area contributed by atoms with Crippen molar-refractivity contribution in [3.05, 3.63) is 29.8 Å². The fraction of sp³-hybridized carbons (Fsp3) is 0.529. The highest BCUT2D eigenvalue weighted by molar-refractivity contribution is 5.95. The Morgan fingerprint density at radius 3 is 2.42 bits per heavy atom. The van der Waals surface area contributed by atoms with Crippen LogP contribution in [0.15, 0.2) is 18.2 Å². The average Bonchev–Trinajstić information content (AvgIpc) is 2.62. The zero-order chi connectivity index (χ0) is 18.4. The van der Waals surface area contributed by atoms with Gasteiger partial charge in [-0.25, -0.2) is 8.78 Å². The van der Waals surface area contributed by atoms with Crippen LogP contribution in [0, 0.1) is 17.6 Å². The van der Waals surface area contributed by atoms with Crippen LogP contribution in [0.2, 0.25) is 0 Å². The molecule has 1 aliphatic rings. The first-order valence-corrected chi connectivity index (χ1v) is 8.30. The van der Waals surface area contributed by atoms with Crippen LogP contribution in [0.3, 0.4) is 0 Å². The summed E-state index contributed by atoms with van der Waals surface area (Å²) >= 11 is 0. The van der Waals surface area contributed by atoms with E-state index in [9.17, 15) is 18.4 Å². The molecule has 1 aromatic carbocycles. The van der Waals surface area contributed by atoms with Crippen LogP contribution in [-0.2, 0) is 14.3 Å². The van der Waals surface area contributed by atoms with Gasteiger partial charge in [0.1, 0.15) is 17.3 Å². The number of carbonyl (C=O) groups excluding carboxylic acids is 2. The molecular weight excluding hydrogens is 368 g/mol. The van der Waals surface area contributed by atoms with Crippen LogP contribution < -0.4 is 11.1 Å². The molecule has 0 bridgehead atoms. The summed E-state index contributed by atoms with van der Waals surface area (Å²) in [4.78, 5) is 25.9. The third kappa shape index (κ3) is 5.62. The number of nitrogens with two attached hydrogens (primary N) is 1. The monoisotopic (exact) mass is 391 g/mol. The summed E-state index contributed by atoms with van der Waals surface area (Å²) in [5.41, 5.74) is 5.52. The minimum Gasteiger partial charge on any atom is -0.381 e. The van der Waals surface area contributed by atoms with E-state index in [0.29, 0.717) is 26.1 Å². The van der Waals surface area contributed by atoms with E-state index in [-0.39, 0.29) is 37.3 Å². The largest absolute Gasteiger partial charge is 0.381 e. The molecule has 1 saturated heterocycles. The van der Waals surface area contributed by atoms with Crippen LogP contribution in [0.25, 0.3) is 0 Å². The number of carbonyl (C=O) groups is 2. The highest BCUT2D eigenvalue weighted by Crippen LogP contribution is 2.20. The molecule has 1 aliphatic heterocycles. The summed E-state index contributed by atoms with van der Waals surface area (Å²) in [5.74, 6) is -2.78. The maximum Gasteiger partial charge on any atom is 0.244 e. The Morgan fingerprint density at radius 1 is 1.31 bits per heavy atom. The number of likely N-dealkylation sites (N-methyl/N-ethyl adjacent to an activating group) is 1. The molecule has 0 saturated carbocycles. The number of nitrogens with zero attached hydrogens (tertiary/aromatic N) is 1. The van der Waals surface area contributed by atoms with Gasteiger partial charge in [0.15, 0.2) is 0 Å². The highest BCUT2D eigenvalue weighted by Gasteiger charge is 2.30. The maximum absolute atomic E-state index is 13.6. The van der Waals surface area contributed by atoms with Crippen molar-refractivity contribution in [2.45, 2.75) is 25.8 Å². The number of anilines is 1. The van der Waals surface area contributed by atoms with E-state index in [2.05, 4.69) is 5.32 Å². The zero-order valence-corrected chi connectivity index (χ0v) is 15.4. The van der Waals surface area contributed by atoms with E-state index >= 15 is 0 Å². The molecule has 0 aromatic heterocycles. The van der Waals surface area contributed by atoms with E-state index in [1.54, 1.807) is 6.92 Å². The SMILES string of the molecule is CCN(CC(=O)Nc1c(F)cccc1F)C(=O)C(N)C1CCOCC1.Cl. The van der Waals surface area contributed by atoms with Gasteiger partial charge in [-0.1, -0.05) is 6.07 Å². The van der Waals surface area contributed by atoms with Crippen molar-refractivity contribution in [2.24, 2.45) is 11.7 Å². The summed E-state index contributed by atoms with van der Waals surface area (Å²) in [5, 5.41) is 2.17. The fourth-order valence-electron chi connectivity index (χ4n) is 2.80. The molecule has 2 amide bonds. The number of rotatable bonds is 6. The van der Waals surface area contributed by atoms with Crippen molar-refractivity contribution in [1.82, 2.24) is 4.90 Å². The Hall–Kier alpha value is -1.77. The summed E-state index contributed by atoms with van der Waals surface area (Å²) < 4.78 is 32.4. The molecule has 146 valence electrons. The maximum atomic E-state index is 13.6. The number of benzene rings is 1. The Balaban J connectivity index is 0.00000338. The molecule has 3 N–H and O–H groups in total. The van der Waals surface area contributed by atoms with Crippen molar-refractivity contribution in [1.29, 1.82) is 0 Å². The van der Waals surface area contributed by atoms with Gasteiger partial charge < -0.3 is 20.7 Å². The van der Waals surface area contributed by atoms with Gasteiger partial charge in [0.2, 0.25) is 11.8 Å². The van der Waals surface area contributed by atoms with Gasteiger partial charge >= 0.3 is 0 Å². The molecule has 1 atom stereocenters. The van der Waals surface area contributed by atoms with Gasteiger partial charge in [0, 0.05) is 19.8 Å². The predicted molar refractivity (Wildman–Crippen MR) is 96.0 cm³/mol. The van der Waals surface area contributed by atoms with Crippen molar-refractivity contribution in [3.63, 3.8) is 0 Å². The number of para-hydroxylation sites is 1. The van der Waals surface area contributed by atoms with Gasteiger partial charge in [-0.3, -0.25) is 9.59 Å². The first kappa shape index (κ1) is 22.3. The first-order valence-electron chi connectivity index (χ1n) is 8.30. The lowest BCUT2D eigenvalue weighted by molar-refractivity contribution is -0.137. The minimum absolute atomic E-state index is 0. The van der Waals surface area contributed by atoms with Gasteiger partial charge in [-0.2, -0.15) is 0 Å². The molecule has 0 aliphatic carbocycles. The lowest BCUT2D eigenvalue weighted by atomic mass is 9.91. The predicted octanol–water partition coefficient (Wildman–Crippen LogP) is 1.93. The number of hydrogen-bond acceptors (Lipinski definition) is 4. The standard InChI is InChI=1S/C17H23F2N3O3.ClH/c1-2-22(17(24)15(20)11-6-8-25-9-7-11)10-14(23)21-16-12(18)4-3-5-13(16)19;/h3-5,11,15H,2,6-10,20H2,1H3,(H,21,23);1H. The number of ether oxygens (including phenoxy) is 1. The second-order valence-electron chi connectivity index (χ2n) is 5.97. The lowest BCUT2D eigenvalue weighted by Gasteiger charge is -2.30. The van der Waals surface area contributed by atoms with Crippen LogP contribution in [0.1, 0.15) is 19.8 Å². The third-order valence-electron chi connectivity index (χ3n) is 4.31. The third-order valence-corrected chi connectivity index (χ3v) is 4.31. The molecular formula is C17H24ClF2N3O3. The van der Waals surface area contributed by atoms with Crippen LogP contribution in [-0.4, -0.2) is 49.1 Å². The molecule has 1 aromatic rings. The van der Waals surface area contributed by atoms with E-state index in [0.717, 1.165) is 12.1 Å². The topological polar surface area (TPSA) is 84.7 Å². The highest BCUT2D eigenvalue weighted by atomic mass is 35.5. The molecule has 9 heteroatoms. The molecule has 1 fully saturated rings. The lowest BCUT2D eigenvalue weighted by Crippen LogP contribution is -2.50. The summed E-state index contributed by atoms with van der Waals surface area (Å²) in [6, 6.07) is 2.57. The van der Waals surface area contributed by atoms with Crippen LogP contribution >= 0.6 is 12.4 Å². The first-order chi connectivity index (χ1) is 11.9. The Bertz CT molecular complexity index is 607. The van der Waals surface area contributed by atoms with Gasteiger partial charge in [0.25, 0.3) is 0 Å². The normalized spacial score (nSPS) is 15.7. The summed E-state index contributed by atoms with van der Waals surface area (Å²) in [6.45, 7) is 2.78. The molecule has 0 radical (unpaired) electrons. The van der Waals surface area contributed by atoms with Gasteiger partial charge in [0.05, 0.1) is 12.6 Å². The van der Waals surface area contributed by atoms with Crippen molar-refractivity contribution < 1.29 is 23.1 Å². The van der Waals surface area contributed by atoms with E-state index < -0.39 is 29.3 Å². The fourth-order valence-corrected chi connectivity index (χ4v) is 2.80. The van der Waals surface area contributed by atoms with E-state index in [1.807, 2.05) is 0 Å². The molecule has 6 nitrogen and oxygen atoms in total. The van der Waals surface area contributed by atoms with E-state index in [1.165, 1.54) is 11.0 Å². The smallest absolute Gasteiger partial charge is 0.244 e. The second kappa shape index (κ2) is 10.4. The molecule has 1 unspecified atom stereocenters. The number of amides is 2. The zero-order valence-electron chi connectivity index (χ0n) is 14.5. The number of hydrogen-bond donors (Lipinski definition) is 2. The van der Waals surface area contributed by atoms with E-state index in [4.69, 9.17) is 10.5 Å². The van der Waals surface area contributed by atoms with Gasteiger partial charge in [-0.05, 0) is 37.8 Å². The molecule has 2 rings (SSSR count). The van der Waals surface area contributed by atoms with Crippen LogP contribution in [0.4, 0.5) is 14.5 Å². The number of halogens is 3. The quantitative estimate of drug-likeness (QED) is 0.776. The summed E-state index contributed by atoms with van der Waals surface area (Å²) in [6.07, 6.45) is 1.38. The van der Waals surface area contributed by atoms with Crippen molar-refractivity contribution in [2.75, 3.05) is 31.6 Å². The Morgan fingerprint density at radius 2 is 1.88 bits per heavy atom. The Kier molecular flexibility index (Phi) is 8.91. The van der Waals surface area contributed by atoms with Gasteiger partial charge in [-0.15, -0.1) is 12.4 Å². The molecule has 26 heavy (non-hydrogen) atoms. The molecule has 1 heterocycles. The Labute approximate surface area is 157 Å². The van der Waals surface area contributed by atoms with Crippen molar-refractivity contribution in [3.8, 4) is 0 Å². The number of nitrogens with one attached hydrogen (secondary N) is 1. The van der Waals surface area contributed by atoms with Crippen LogP contribution in [0.5, 0.6) is 0 Å². The average molecular weight is 392 g/mol.